The molecule has 0 atom stereocenters. The molecule has 1 fully saturated rings. The maximum Gasteiger partial charge on any atom is 0.332 e. The van der Waals surface area contributed by atoms with Gasteiger partial charge in [0.15, 0.2) is 0 Å². The van der Waals surface area contributed by atoms with E-state index in [4.69, 9.17) is 9.47 Å². The molecule has 0 aromatic carbocycles. The van der Waals surface area contributed by atoms with E-state index >= 15 is 0 Å². The first-order chi connectivity index (χ1) is 7.33. The molecule has 15 heavy (non-hydrogen) atoms. The zero-order valence-electron chi connectivity index (χ0n) is 9.67. The van der Waals surface area contributed by atoms with Crippen LogP contribution in [-0.2, 0) is 14.3 Å². The largest absolute Gasteiger partial charge is 0.464 e. The third kappa shape index (κ3) is 5.78. The molecule has 0 unspecified atom stereocenters. The second-order valence-corrected chi connectivity index (χ2v) is 4.15. The minimum atomic E-state index is -0.252. The average Bonchev–Trinajstić information content (AvgIpc) is 2.70. The Balaban J connectivity index is 1.86. The van der Waals surface area contributed by atoms with E-state index in [9.17, 15) is 4.79 Å². The number of carbonyl (C=O) groups is 1. The molecule has 0 heterocycles. The van der Waals surface area contributed by atoms with Crippen molar-refractivity contribution in [3.8, 4) is 0 Å². The van der Waals surface area contributed by atoms with Crippen LogP contribution in [0.1, 0.15) is 45.4 Å². The van der Waals surface area contributed by atoms with E-state index in [1.807, 2.05) is 0 Å². The highest BCUT2D eigenvalue weighted by atomic mass is 16.6. The molecule has 0 radical (unpaired) electrons. The highest BCUT2D eigenvalue weighted by molar-refractivity contribution is 5.70. The normalized spacial score (nSPS) is 16.9. The van der Waals surface area contributed by atoms with Crippen molar-refractivity contribution < 1.29 is 14.3 Å². The molecule has 0 saturated heterocycles. The van der Waals surface area contributed by atoms with E-state index in [1.54, 1.807) is 6.92 Å². The van der Waals surface area contributed by atoms with Crippen LogP contribution < -0.4 is 0 Å². The fourth-order valence-electron chi connectivity index (χ4n) is 2.13. The van der Waals surface area contributed by atoms with E-state index in [2.05, 4.69) is 0 Å². The fraction of sp³-hybridized carbons (Fsp3) is 0.917. The number of hydrogen-bond donors (Lipinski definition) is 0. The lowest BCUT2D eigenvalue weighted by atomic mass is 10.0. The summed E-state index contributed by atoms with van der Waals surface area (Å²) < 4.78 is 9.99. The van der Waals surface area contributed by atoms with Gasteiger partial charge in [0.25, 0.3) is 0 Å². The predicted molar refractivity (Wildman–Crippen MR) is 58.6 cm³/mol. The van der Waals surface area contributed by atoms with E-state index in [1.165, 1.54) is 32.1 Å². The Labute approximate surface area is 92.1 Å². The number of hydrogen-bond acceptors (Lipinski definition) is 3. The Kier molecular flexibility index (Phi) is 6.41. The summed E-state index contributed by atoms with van der Waals surface area (Å²) in [6.45, 7) is 3.04. The lowest BCUT2D eigenvalue weighted by Gasteiger charge is -2.08. The smallest absolute Gasteiger partial charge is 0.332 e. The number of rotatable bonds is 7. The molecule has 3 heteroatoms. The first-order valence-corrected chi connectivity index (χ1v) is 6.06. The molecule has 0 aromatic rings. The molecule has 0 bridgehead atoms. The van der Waals surface area contributed by atoms with Gasteiger partial charge < -0.3 is 9.47 Å². The summed E-state index contributed by atoms with van der Waals surface area (Å²) in [6.07, 6.45) is 7.89. The number of ether oxygens (including phenoxy) is 2. The van der Waals surface area contributed by atoms with Crippen molar-refractivity contribution in [2.24, 2.45) is 5.92 Å². The maximum absolute atomic E-state index is 10.9. The van der Waals surface area contributed by atoms with Gasteiger partial charge in [-0.2, -0.15) is 0 Å². The molecule has 88 valence electrons. The van der Waals surface area contributed by atoms with Gasteiger partial charge in [-0.25, -0.2) is 4.79 Å². The van der Waals surface area contributed by atoms with Gasteiger partial charge in [-0.1, -0.05) is 25.7 Å². The van der Waals surface area contributed by atoms with Crippen LogP contribution in [0.5, 0.6) is 0 Å². The van der Waals surface area contributed by atoms with Gasteiger partial charge in [0.2, 0.25) is 0 Å². The number of carbonyl (C=O) groups excluding carboxylic acids is 1. The SMILES string of the molecule is CCOC(=O)COCCCC1CCCC1. The molecule has 0 N–H and O–H groups in total. The molecule has 0 aliphatic heterocycles. The van der Waals surface area contributed by atoms with E-state index in [0.717, 1.165) is 12.3 Å². The Morgan fingerprint density at radius 2 is 2.07 bits per heavy atom. The zero-order valence-corrected chi connectivity index (χ0v) is 9.67. The maximum atomic E-state index is 10.9. The van der Waals surface area contributed by atoms with Crippen molar-refractivity contribution in [1.82, 2.24) is 0 Å². The lowest BCUT2D eigenvalue weighted by Crippen LogP contribution is -2.13. The minimum Gasteiger partial charge on any atom is -0.464 e. The topological polar surface area (TPSA) is 35.5 Å². The molecule has 0 spiro atoms. The summed E-state index contributed by atoms with van der Waals surface area (Å²) in [6, 6.07) is 0. The van der Waals surface area contributed by atoms with Gasteiger partial charge in [0, 0.05) is 6.61 Å². The van der Waals surface area contributed by atoms with Crippen molar-refractivity contribution in [2.45, 2.75) is 45.4 Å². The van der Waals surface area contributed by atoms with Crippen molar-refractivity contribution in [3.63, 3.8) is 0 Å². The van der Waals surface area contributed by atoms with Crippen LogP contribution in [0.3, 0.4) is 0 Å². The van der Waals surface area contributed by atoms with Crippen molar-refractivity contribution in [3.05, 3.63) is 0 Å². The Bertz CT molecular complexity index is 174. The van der Waals surface area contributed by atoms with E-state index in [-0.39, 0.29) is 12.6 Å². The first-order valence-electron chi connectivity index (χ1n) is 6.06. The molecule has 1 aliphatic carbocycles. The van der Waals surface area contributed by atoms with Crippen LogP contribution >= 0.6 is 0 Å². The molecular weight excluding hydrogens is 192 g/mol. The van der Waals surface area contributed by atoms with Crippen LogP contribution in [0.25, 0.3) is 0 Å². The molecule has 3 nitrogen and oxygen atoms in total. The summed E-state index contributed by atoms with van der Waals surface area (Å²) in [5.41, 5.74) is 0. The van der Waals surface area contributed by atoms with Crippen molar-refractivity contribution >= 4 is 5.97 Å². The minimum absolute atomic E-state index is 0.110. The highest BCUT2D eigenvalue weighted by Gasteiger charge is 2.14. The van der Waals surface area contributed by atoms with Crippen LogP contribution in [0.4, 0.5) is 0 Å². The summed E-state index contributed by atoms with van der Waals surface area (Å²) in [5.74, 6) is 0.662. The third-order valence-electron chi connectivity index (χ3n) is 2.90. The summed E-state index contributed by atoms with van der Waals surface area (Å²) in [5, 5.41) is 0. The van der Waals surface area contributed by atoms with Crippen molar-refractivity contribution in [2.75, 3.05) is 19.8 Å². The van der Waals surface area contributed by atoms with Gasteiger partial charge in [0.1, 0.15) is 6.61 Å². The Morgan fingerprint density at radius 3 is 2.73 bits per heavy atom. The standard InChI is InChI=1S/C12H22O3/c1-2-15-12(13)10-14-9-5-8-11-6-3-4-7-11/h11H,2-10H2,1H3. The second-order valence-electron chi connectivity index (χ2n) is 4.15. The van der Waals surface area contributed by atoms with E-state index in [0.29, 0.717) is 13.2 Å². The van der Waals surface area contributed by atoms with Gasteiger partial charge in [-0.05, 0) is 25.7 Å². The van der Waals surface area contributed by atoms with E-state index < -0.39 is 0 Å². The molecule has 1 rings (SSSR count). The van der Waals surface area contributed by atoms with Gasteiger partial charge in [-0.15, -0.1) is 0 Å². The van der Waals surface area contributed by atoms with Gasteiger partial charge in [-0.3, -0.25) is 0 Å². The average molecular weight is 214 g/mol. The Hall–Kier alpha value is -0.570. The molecular formula is C12H22O3. The summed E-state index contributed by atoms with van der Waals surface area (Å²) >= 11 is 0. The molecule has 0 amide bonds. The monoisotopic (exact) mass is 214 g/mol. The molecule has 1 saturated carbocycles. The fourth-order valence-corrected chi connectivity index (χ4v) is 2.13. The summed E-state index contributed by atoms with van der Waals surface area (Å²) in [4.78, 5) is 10.9. The van der Waals surface area contributed by atoms with Crippen molar-refractivity contribution in [1.29, 1.82) is 0 Å². The first kappa shape index (κ1) is 12.5. The Morgan fingerprint density at radius 1 is 1.33 bits per heavy atom. The number of esters is 1. The highest BCUT2D eigenvalue weighted by Crippen LogP contribution is 2.28. The van der Waals surface area contributed by atoms with Crippen LogP contribution in [-0.4, -0.2) is 25.8 Å². The predicted octanol–water partition coefficient (Wildman–Crippen LogP) is 2.54. The van der Waals surface area contributed by atoms with Crippen LogP contribution in [0, 0.1) is 5.92 Å². The molecule has 0 aromatic heterocycles. The summed E-state index contributed by atoms with van der Waals surface area (Å²) in [7, 11) is 0. The van der Waals surface area contributed by atoms with Gasteiger partial charge in [0.05, 0.1) is 6.61 Å². The van der Waals surface area contributed by atoms with Gasteiger partial charge >= 0.3 is 5.97 Å². The lowest BCUT2D eigenvalue weighted by molar-refractivity contribution is -0.148. The van der Waals surface area contributed by atoms with Crippen LogP contribution in [0.15, 0.2) is 0 Å². The zero-order chi connectivity index (χ0) is 10.9. The second kappa shape index (κ2) is 7.69. The molecule has 1 aliphatic rings. The quantitative estimate of drug-likeness (QED) is 0.482. The van der Waals surface area contributed by atoms with Crippen LogP contribution in [0.2, 0.25) is 0 Å². The third-order valence-corrected chi connectivity index (χ3v) is 2.90.